The van der Waals surface area contributed by atoms with E-state index in [1.165, 1.54) is 12.8 Å². The lowest BCUT2D eigenvalue weighted by Gasteiger charge is -2.13. The first-order valence-corrected chi connectivity index (χ1v) is 6.43. The number of anilines is 1. The van der Waals surface area contributed by atoms with Gasteiger partial charge in [0.1, 0.15) is 5.76 Å². The van der Waals surface area contributed by atoms with Crippen LogP contribution in [0.3, 0.4) is 0 Å². The van der Waals surface area contributed by atoms with Crippen molar-refractivity contribution in [1.82, 2.24) is 10.1 Å². The maximum Gasteiger partial charge on any atom is 0.175 e. The minimum absolute atomic E-state index is 0.443. The molecular formula is C14H17N3O. The molecule has 4 nitrogen and oxygen atoms in total. The van der Waals surface area contributed by atoms with Crippen molar-refractivity contribution in [2.24, 2.45) is 5.92 Å². The van der Waals surface area contributed by atoms with Gasteiger partial charge in [-0.1, -0.05) is 18.5 Å². The van der Waals surface area contributed by atoms with E-state index >= 15 is 0 Å². The Hall–Kier alpha value is -1.84. The van der Waals surface area contributed by atoms with Gasteiger partial charge < -0.3 is 10.3 Å². The third-order valence-corrected chi connectivity index (χ3v) is 3.91. The largest absolute Gasteiger partial charge is 0.380 e. The van der Waals surface area contributed by atoms with Gasteiger partial charge in [-0.15, -0.1) is 0 Å². The summed E-state index contributed by atoms with van der Waals surface area (Å²) in [6.07, 6.45) is 7.20. The lowest BCUT2D eigenvalue weighted by molar-refractivity contribution is 0.341. The van der Waals surface area contributed by atoms with E-state index in [2.05, 4.69) is 17.1 Å². The number of nitrogens with two attached hydrogens (primary N) is 1. The van der Waals surface area contributed by atoms with Gasteiger partial charge >= 0.3 is 0 Å². The Labute approximate surface area is 106 Å². The van der Waals surface area contributed by atoms with Crippen LogP contribution in [-0.2, 0) is 0 Å². The number of nitrogens with zero attached hydrogens (tertiary/aromatic N) is 2. The standard InChI is InChI=1S/C14H17N3O/c1-9-3-2-4-11(9)13-12(14(15)17-18-13)10-5-7-16-8-6-10/h5-9,11H,2-4H2,1H3,(H2,15,17). The third-order valence-electron chi connectivity index (χ3n) is 3.91. The van der Waals surface area contributed by atoms with Crippen LogP contribution in [0.15, 0.2) is 29.0 Å². The number of hydrogen-bond acceptors (Lipinski definition) is 4. The zero-order valence-electron chi connectivity index (χ0n) is 10.5. The Kier molecular flexibility index (Phi) is 2.78. The zero-order valence-corrected chi connectivity index (χ0v) is 10.5. The second kappa shape index (κ2) is 4.44. The van der Waals surface area contributed by atoms with E-state index < -0.39 is 0 Å². The third kappa shape index (κ3) is 1.78. The SMILES string of the molecule is CC1CCCC1c1onc(N)c1-c1ccncc1. The molecule has 3 rings (SSSR count). The molecule has 1 aliphatic carbocycles. The van der Waals surface area contributed by atoms with Crippen molar-refractivity contribution < 1.29 is 4.52 Å². The van der Waals surface area contributed by atoms with Gasteiger partial charge in [-0.3, -0.25) is 4.98 Å². The quantitative estimate of drug-likeness (QED) is 0.879. The molecule has 0 bridgehead atoms. The lowest BCUT2D eigenvalue weighted by atomic mass is 9.91. The molecule has 0 spiro atoms. The summed E-state index contributed by atoms with van der Waals surface area (Å²) in [5.41, 5.74) is 7.96. The number of pyridine rings is 1. The monoisotopic (exact) mass is 243 g/mol. The first-order chi connectivity index (χ1) is 8.77. The summed E-state index contributed by atoms with van der Waals surface area (Å²) in [6.45, 7) is 2.27. The summed E-state index contributed by atoms with van der Waals surface area (Å²) in [6, 6.07) is 3.90. The smallest absolute Gasteiger partial charge is 0.175 e. The Morgan fingerprint density at radius 2 is 2.06 bits per heavy atom. The van der Waals surface area contributed by atoms with Crippen molar-refractivity contribution in [2.45, 2.75) is 32.1 Å². The molecule has 2 N–H and O–H groups in total. The first-order valence-electron chi connectivity index (χ1n) is 6.43. The van der Waals surface area contributed by atoms with Crippen molar-refractivity contribution in [1.29, 1.82) is 0 Å². The predicted octanol–water partition coefficient (Wildman–Crippen LogP) is 3.22. The van der Waals surface area contributed by atoms with Crippen LogP contribution in [0.4, 0.5) is 5.82 Å². The fourth-order valence-electron chi connectivity index (χ4n) is 2.91. The molecule has 94 valence electrons. The van der Waals surface area contributed by atoms with Gasteiger partial charge in [-0.25, -0.2) is 0 Å². The van der Waals surface area contributed by atoms with Gasteiger partial charge in [0.25, 0.3) is 0 Å². The molecular weight excluding hydrogens is 226 g/mol. The molecule has 18 heavy (non-hydrogen) atoms. The average Bonchev–Trinajstić information content (AvgIpc) is 2.96. The van der Waals surface area contributed by atoms with E-state index in [1.54, 1.807) is 12.4 Å². The van der Waals surface area contributed by atoms with E-state index in [9.17, 15) is 0 Å². The highest BCUT2D eigenvalue weighted by molar-refractivity contribution is 5.75. The summed E-state index contributed by atoms with van der Waals surface area (Å²) in [7, 11) is 0. The lowest BCUT2D eigenvalue weighted by Crippen LogP contribution is -2.02. The zero-order chi connectivity index (χ0) is 12.5. The minimum atomic E-state index is 0.443. The maximum atomic E-state index is 5.96. The van der Waals surface area contributed by atoms with Gasteiger partial charge in [0.15, 0.2) is 5.82 Å². The van der Waals surface area contributed by atoms with Crippen LogP contribution < -0.4 is 5.73 Å². The van der Waals surface area contributed by atoms with Crippen LogP contribution in [0.5, 0.6) is 0 Å². The Morgan fingerprint density at radius 3 is 2.72 bits per heavy atom. The summed E-state index contributed by atoms with van der Waals surface area (Å²) in [5, 5.41) is 3.95. The van der Waals surface area contributed by atoms with Crippen molar-refractivity contribution in [3.63, 3.8) is 0 Å². The Morgan fingerprint density at radius 1 is 1.28 bits per heavy atom. The molecule has 0 saturated heterocycles. The number of aromatic nitrogens is 2. The van der Waals surface area contributed by atoms with Crippen LogP contribution in [0.2, 0.25) is 0 Å². The topological polar surface area (TPSA) is 64.9 Å². The second-order valence-electron chi connectivity index (χ2n) is 5.06. The van der Waals surface area contributed by atoms with Crippen LogP contribution in [0.1, 0.15) is 37.9 Å². The van der Waals surface area contributed by atoms with Crippen molar-refractivity contribution >= 4 is 5.82 Å². The van der Waals surface area contributed by atoms with E-state index in [-0.39, 0.29) is 0 Å². The highest BCUT2D eigenvalue weighted by Crippen LogP contribution is 2.44. The molecule has 0 aromatic carbocycles. The Bertz CT molecular complexity index is 535. The summed E-state index contributed by atoms with van der Waals surface area (Å²) in [5.74, 6) is 2.51. The number of rotatable bonds is 2. The molecule has 1 saturated carbocycles. The van der Waals surface area contributed by atoms with E-state index in [1.807, 2.05) is 12.1 Å². The van der Waals surface area contributed by atoms with Crippen molar-refractivity contribution in [3.8, 4) is 11.1 Å². The van der Waals surface area contributed by atoms with E-state index in [0.717, 1.165) is 23.3 Å². The maximum absolute atomic E-state index is 5.96. The molecule has 2 atom stereocenters. The minimum Gasteiger partial charge on any atom is -0.380 e. The average molecular weight is 243 g/mol. The fourth-order valence-corrected chi connectivity index (χ4v) is 2.91. The molecule has 0 radical (unpaired) electrons. The summed E-state index contributed by atoms with van der Waals surface area (Å²) in [4.78, 5) is 4.04. The van der Waals surface area contributed by atoms with Crippen LogP contribution >= 0.6 is 0 Å². The fraction of sp³-hybridized carbons (Fsp3) is 0.429. The molecule has 2 aromatic heterocycles. The molecule has 1 aliphatic rings. The number of hydrogen-bond donors (Lipinski definition) is 1. The molecule has 2 heterocycles. The number of nitrogen functional groups attached to an aromatic ring is 1. The van der Waals surface area contributed by atoms with Crippen molar-refractivity contribution in [2.75, 3.05) is 5.73 Å². The molecule has 1 fully saturated rings. The molecule has 0 amide bonds. The van der Waals surface area contributed by atoms with Gasteiger partial charge in [0.05, 0.1) is 5.56 Å². The second-order valence-corrected chi connectivity index (χ2v) is 5.06. The molecule has 2 aromatic rings. The molecule has 4 heteroatoms. The highest BCUT2D eigenvalue weighted by Gasteiger charge is 2.31. The molecule has 2 unspecified atom stereocenters. The summed E-state index contributed by atoms with van der Waals surface area (Å²) >= 11 is 0. The van der Waals surface area contributed by atoms with Crippen LogP contribution in [0.25, 0.3) is 11.1 Å². The van der Waals surface area contributed by atoms with Gasteiger partial charge in [-0.2, -0.15) is 0 Å². The summed E-state index contributed by atoms with van der Waals surface area (Å²) < 4.78 is 5.51. The normalized spacial score (nSPS) is 23.4. The van der Waals surface area contributed by atoms with E-state index in [0.29, 0.717) is 17.7 Å². The molecule has 0 aliphatic heterocycles. The van der Waals surface area contributed by atoms with Crippen LogP contribution in [-0.4, -0.2) is 10.1 Å². The highest BCUT2D eigenvalue weighted by atomic mass is 16.5. The first kappa shape index (κ1) is 11.3. The van der Waals surface area contributed by atoms with Gasteiger partial charge in [0, 0.05) is 18.3 Å². The van der Waals surface area contributed by atoms with Gasteiger partial charge in [0.2, 0.25) is 0 Å². The Balaban J connectivity index is 2.07. The van der Waals surface area contributed by atoms with Crippen molar-refractivity contribution in [3.05, 3.63) is 30.3 Å². The van der Waals surface area contributed by atoms with Gasteiger partial charge in [-0.05, 0) is 36.5 Å². The van der Waals surface area contributed by atoms with E-state index in [4.69, 9.17) is 10.3 Å². The predicted molar refractivity (Wildman–Crippen MR) is 69.9 cm³/mol. The van der Waals surface area contributed by atoms with Crippen LogP contribution in [0, 0.1) is 5.92 Å².